The summed E-state index contributed by atoms with van der Waals surface area (Å²) < 4.78 is 6.16. The van der Waals surface area contributed by atoms with Gasteiger partial charge in [0.15, 0.2) is 6.10 Å². The molecule has 1 N–H and O–H groups in total. The average molecular weight is 493 g/mol. The minimum Gasteiger partial charge on any atom is -0.479 e. The second-order valence-electron chi connectivity index (χ2n) is 11.6. The lowest BCUT2D eigenvalue weighted by molar-refractivity contribution is -0.160. The van der Waals surface area contributed by atoms with E-state index in [9.17, 15) is 14.7 Å². The number of likely N-dealkylation sites (tertiary alicyclic amines) is 1. The van der Waals surface area contributed by atoms with Crippen LogP contribution in [0.5, 0.6) is 0 Å². The molecule has 2 aliphatic heterocycles. The maximum absolute atomic E-state index is 13.4. The molecular weight excluding hydrogens is 452 g/mol. The first-order valence-corrected chi connectivity index (χ1v) is 13.0. The van der Waals surface area contributed by atoms with Crippen molar-refractivity contribution in [2.24, 2.45) is 5.92 Å². The molecule has 1 unspecified atom stereocenters. The van der Waals surface area contributed by atoms with Crippen molar-refractivity contribution >= 4 is 12.0 Å². The number of fused-ring (bicyclic) bond motifs is 1. The van der Waals surface area contributed by atoms with Crippen LogP contribution >= 0.6 is 0 Å². The van der Waals surface area contributed by atoms with Gasteiger partial charge in [0, 0.05) is 31.7 Å². The van der Waals surface area contributed by atoms with Gasteiger partial charge in [0.25, 0.3) is 0 Å². The van der Waals surface area contributed by atoms with Gasteiger partial charge in [-0.05, 0) is 93.7 Å². The van der Waals surface area contributed by atoms with Crippen LogP contribution in [-0.4, -0.2) is 45.6 Å². The molecule has 0 saturated carbocycles. The fourth-order valence-corrected chi connectivity index (χ4v) is 5.56. The Morgan fingerprint density at radius 1 is 0.944 bits per heavy atom. The van der Waals surface area contributed by atoms with Crippen LogP contribution < -0.4 is 0 Å². The molecule has 2 aromatic rings. The van der Waals surface area contributed by atoms with E-state index in [-0.39, 0.29) is 6.03 Å². The maximum Gasteiger partial charge on any atom is 0.337 e. The highest BCUT2D eigenvalue weighted by atomic mass is 16.5. The number of ether oxygens (including phenoxy) is 1. The summed E-state index contributed by atoms with van der Waals surface area (Å²) in [6, 6.07) is 8.28. The highest BCUT2D eigenvalue weighted by Crippen LogP contribution is 2.44. The molecule has 0 aliphatic carbocycles. The van der Waals surface area contributed by atoms with Gasteiger partial charge in [0.2, 0.25) is 0 Å². The number of amides is 2. The lowest BCUT2D eigenvalue weighted by Gasteiger charge is -2.33. The Balaban J connectivity index is 1.82. The third kappa shape index (κ3) is 5.15. The van der Waals surface area contributed by atoms with Crippen LogP contribution in [0.2, 0.25) is 0 Å². The number of hydrogen-bond acceptors (Lipinski definition) is 3. The standard InChI is InChI=1S/C30H40N2O4/c1-18-8-10-22(11-9-18)25-20(3)23-16-32(29(35)31-14-12-19(2)13-15-31)17-24(23)21(4)26(25)27(28(33)34)36-30(5,6)7/h8-11,19,27H,12-17H2,1-7H3,(H,33,34). The van der Waals surface area contributed by atoms with Gasteiger partial charge in [-0.3, -0.25) is 0 Å². The third-order valence-corrected chi connectivity index (χ3v) is 7.64. The fraction of sp³-hybridized carbons (Fsp3) is 0.533. The number of hydrogen-bond donors (Lipinski definition) is 1. The Bertz CT molecular complexity index is 1160. The molecule has 2 amide bonds. The van der Waals surface area contributed by atoms with E-state index in [1.807, 2.05) is 44.4 Å². The van der Waals surface area contributed by atoms with Gasteiger partial charge in [0.05, 0.1) is 5.60 Å². The van der Waals surface area contributed by atoms with Gasteiger partial charge < -0.3 is 19.6 Å². The maximum atomic E-state index is 13.4. The van der Waals surface area contributed by atoms with Crippen molar-refractivity contribution in [2.45, 2.75) is 86.1 Å². The van der Waals surface area contributed by atoms with Crippen LogP contribution in [0, 0.1) is 26.7 Å². The summed E-state index contributed by atoms with van der Waals surface area (Å²) in [6.45, 7) is 16.6. The Labute approximate surface area is 215 Å². The minimum absolute atomic E-state index is 0.0797. The highest BCUT2D eigenvalue weighted by Gasteiger charge is 2.37. The number of nitrogens with zero attached hydrogens (tertiary/aromatic N) is 2. The first-order chi connectivity index (χ1) is 16.9. The number of urea groups is 1. The van der Waals surface area contributed by atoms with E-state index >= 15 is 0 Å². The number of benzene rings is 2. The van der Waals surface area contributed by atoms with E-state index < -0.39 is 17.7 Å². The van der Waals surface area contributed by atoms with Crippen molar-refractivity contribution in [2.75, 3.05) is 13.1 Å². The van der Waals surface area contributed by atoms with Crippen LogP contribution in [0.25, 0.3) is 11.1 Å². The fourth-order valence-electron chi connectivity index (χ4n) is 5.56. The molecule has 4 rings (SSSR count). The van der Waals surface area contributed by atoms with Crippen LogP contribution in [-0.2, 0) is 22.6 Å². The van der Waals surface area contributed by atoms with E-state index in [1.165, 1.54) is 0 Å². The molecule has 2 aromatic carbocycles. The van der Waals surface area contributed by atoms with Crippen molar-refractivity contribution in [3.63, 3.8) is 0 Å². The van der Waals surface area contributed by atoms with Gasteiger partial charge in [0.1, 0.15) is 0 Å². The predicted molar refractivity (Wildman–Crippen MR) is 142 cm³/mol. The second kappa shape index (κ2) is 9.89. The normalized spacial score (nSPS) is 17.3. The SMILES string of the molecule is Cc1ccc(-c2c(C)c3c(c(C)c2C(OC(C)(C)C)C(=O)O)CN(C(=O)N2CCC(C)CC2)C3)cc1. The lowest BCUT2D eigenvalue weighted by atomic mass is 9.83. The van der Waals surface area contributed by atoms with Crippen LogP contribution in [0.1, 0.15) is 80.0 Å². The molecule has 0 bridgehead atoms. The van der Waals surface area contributed by atoms with E-state index in [1.54, 1.807) is 0 Å². The van der Waals surface area contributed by atoms with Crippen molar-refractivity contribution in [1.29, 1.82) is 0 Å². The highest BCUT2D eigenvalue weighted by molar-refractivity contribution is 5.85. The molecule has 2 aliphatic rings. The molecule has 0 aromatic heterocycles. The largest absolute Gasteiger partial charge is 0.479 e. The predicted octanol–water partition coefficient (Wildman–Crippen LogP) is 6.39. The molecule has 0 spiro atoms. The summed E-state index contributed by atoms with van der Waals surface area (Å²) in [7, 11) is 0. The van der Waals surface area contributed by atoms with Crippen molar-refractivity contribution in [3.8, 4) is 11.1 Å². The zero-order valence-corrected chi connectivity index (χ0v) is 22.8. The number of aryl methyl sites for hydroxylation is 1. The van der Waals surface area contributed by atoms with Gasteiger partial charge >= 0.3 is 12.0 Å². The van der Waals surface area contributed by atoms with Gasteiger partial charge in [-0.15, -0.1) is 0 Å². The van der Waals surface area contributed by atoms with Crippen LogP contribution in [0.3, 0.4) is 0 Å². The molecule has 194 valence electrons. The molecule has 0 radical (unpaired) electrons. The molecule has 1 atom stereocenters. The van der Waals surface area contributed by atoms with Gasteiger partial charge in [-0.2, -0.15) is 0 Å². The number of carbonyl (C=O) groups excluding carboxylic acids is 1. The molecule has 6 nitrogen and oxygen atoms in total. The quantitative estimate of drug-likeness (QED) is 0.537. The van der Waals surface area contributed by atoms with Crippen molar-refractivity contribution in [1.82, 2.24) is 9.80 Å². The molecular formula is C30H40N2O4. The smallest absolute Gasteiger partial charge is 0.337 e. The number of piperidine rings is 1. The third-order valence-electron chi connectivity index (χ3n) is 7.64. The van der Waals surface area contributed by atoms with E-state index in [0.29, 0.717) is 24.6 Å². The summed E-state index contributed by atoms with van der Waals surface area (Å²) in [5.41, 5.74) is 7.20. The lowest BCUT2D eigenvalue weighted by Crippen LogP contribution is -2.44. The van der Waals surface area contributed by atoms with Gasteiger partial charge in [-0.25, -0.2) is 9.59 Å². The molecule has 2 heterocycles. The summed E-state index contributed by atoms with van der Waals surface area (Å²) in [4.78, 5) is 29.9. The first kappa shape index (κ1) is 26.2. The monoisotopic (exact) mass is 492 g/mol. The summed E-state index contributed by atoms with van der Waals surface area (Å²) in [6.07, 6.45) is 0.964. The number of aliphatic carboxylic acids is 1. The minimum atomic E-state index is -1.11. The van der Waals surface area contributed by atoms with Gasteiger partial charge in [-0.1, -0.05) is 36.8 Å². The number of carboxylic acids is 1. The zero-order chi connectivity index (χ0) is 26.4. The summed E-state index contributed by atoms with van der Waals surface area (Å²) in [5.74, 6) is -0.348. The Morgan fingerprint density at radius 3 is 2.03 bits per heavy atom. The van der Waals surface area contributed by atoms with E-state index in [2.05, 4.69) is 38.1 Å². The Kier molecular flexibility index (Phi) is 7.20. The first-order valence-electron chi connectivity index (χ1n) is 13.0. The summed E-state index contributed by atoms with van der Waals surface area (Å²) >= 11 is 0. The van der Waals surface area contributed by atoms with Crippen molar-refractivity contribution in [3.05, 3.63) is 57.6 Å². The molecule has 1 fully saturated rings. The zero-order valence-electron chi connectivity index (χ0n) is 22.8. The Morgan fingerprint density at radius 2 is 1.50 bits per heavy atom. The molecule has 1 saturated heterocycles. The Hall–Kier alpha value is -2.86. The summed E-state index contributed by atoms with van der Waals surface area (Å²) in [5, 5.41) is 10.3. The van der Waals surface area contributed by atoms with Crippen molar-refractivity contribution < 1.29 is 19.4 Å². The van der Waals surface area contributed by atoms with E-state index in [4.69, 9.17) is 4.74 Å². The topological polar surface area (TPSA) is 70.1 Å². The average Bonchev–Trinajstić information content (AvgIpc) is 3.26. The number of carbonyl (C=O) groups is 2. The number of rotatable bonds is 4. The van der Waals surface area contributed by atoms with Crippen LogP contribution in [0.15, 0.2) is 24.3 Å². The number of carboxylic acid groups (broad SMARTS) is 1. The molecule has 6 heteroatoms. The molecule has 36 heavy (non-hydrogen) atoms. The van der Waals surface area contributed by atoms with Crippen LogP contribution in [0.4, 0.5) is 4.79 Å². The second-order valence-corrected chi connectivity index (χ2v) is 11.6. The van der Waals surface area contributed by atoms with E-state index in [0.717, 1.165) is 64.9 Å².